The Bertz CT molecular complexity index is 446. The van der Waals surface area contributed by atoms with Crippen LogP contribution in [0.15, 0.2) is 22.7 Å². The van der Waals surface area contributed by atoms with E-state index < -0.39 is 5.97 Å². The minimum absolute atomic E-state index is 0.148. The summed E-state index contributed by atoms with van der Waals surface area (Å²) in [5.41, 5.74) is 0.772. The highest BCUT2D eigenvalue weighted by Crippen LogP contribution is 2.24. The van der Waals surface area contributed by atoms with E-state index in [0.29, 0.717) is 13.1 Å². The van der Waals surface area contributed by atoms with Crippen LogP contribution < -0.4 is 10.1 Å². The molecule has 0 atom stereocenters. The number of benzene rings is 1. The summed E-state index contributed by atoms with van der Waals surface area (Å²) < 4.78 is 6.29. The van der Waals surface area contributed by atoms with Gasteiger partial charge in [-0.05, 0) is 23.6 Å². The van der Waals surface area contributed by atoms with E-state index in [2.05, 4.69) is 21.2 Å². The molecule has 0 bridgehead atoms. The van der Waals surface area contributed by atoms with E-state index in [0.717, 1.165) is 15.8 Å². The van der Waals surface area contributed by atoms with Crippen molar-refractivity contribution in [2.75, 3.05) is 13.7 Å². The van der Waals surface area contributed by atoms with Gasteiger partial charge in [0.1, 0.15) is 5.75 Å². The quantitative estimate of drug-likeness (QED) is 0.807. The summed E-state index contributed by atoms with van der Waals surface area (Å²) in [5.74, 6) is 0.0542. The number of hydrogen-bond donors (Lipinski definition) is 2. The van der Waals surface area contributed by atoms with Gasteiger partial charge < -0.3 is 15.2 Å². The van der Waals surface area contributed by atoms with Crippen LogP contribution in [-0.2, 0) is 11.3 Å². The molecule has 0 saturated carbocycles. The molecular formula is C14H20BrNO3. The molecule has 2 N–H and O–H groups in total. The molecule has 0 aromatic heterocycles. The van der Waals surface area contributed by atoms with Gasteiger partial charge in [0.2, 0.25) is 0 Å². The minimum Gasteiger partial charge on any atom is -0.496 e. The number of rotatable bonds is 7. The molecule has 0 aliphatic carbocycles. The number of carboxylic acid groups (broad SMARTS) is 1. The van der Waals surface area contributed by atoms with E-state index in [1.54, 1.807) is 7.11 Å². The third kappa shape index (κ3) is 5.61. The fourth-order valence-electron chi connectivity index (χ4n) is 1.89. The van der Waals surface area contributed by atoms with Crippen LogP contribution in [0.25, 0.3) is 0 Å². The van der Waals surface area contributed by atoms with Gasteiger partial charge in [-0.3, -0.25) is 4.79 Å². The summed E-state index contributed by atoms with van der Waals surface area (Å²) in [6.45, 7) is 5.15. The molecular weight excluding hydrogens is 310 g/mol. The average Bonchev–Trinajstić information content (AvgIpc) is 2.27. The summed E-state index contributed by atoms with van der Waals surface area (Å²) in [4.78, 5) is 10.7. The van der Waals surface area contributed by atoms with Crippen molar-refractivity contribution in [1.82, 2.24) is 5.32 Å². The normalized spacial score (nSPS) is 11.4. The number of nitrogens with one attached hydrogen (secondary N) is 1. The van der Waals surface area contributed by atoms with Crippen molar-refractivity contribution in [3.05, 3.63) is 28.2 Å². The lowest BCUT2D eigenvalue weighted by molar-refractivity contribution is -0.139. The number of ether oxygens (including phenoxy) is 1. The van der Waals surface area contributed by atoms with Crippen molar-refractivity contribution in [1.29, 1.82) is 0 Å². The predicted molar refractivity (Wildman–Crippen MR) is 78.4 cm³/mol. The first-order valence-electron chi connectivity index (χ1n) is 6.09. The van der Waals surface area contributed by atoms with Gasteiger partial charge in [0.25, 0.3) is 0 Å². The third-order valence-corrected chi connectivity index (χ3v) is 3.28. The molecule has 0 radical (unpaired) electrons. The van der Waals surface area contributed by atoms with Crippen molar-refractivity contribution in [2.24, 2.45) is 5.41 Å². The molecule has 0 spiro atoms. The van der Waals surface area contributed by atoms with E-state index in [9.17, 15) is 4.79 Å². The number of carboxylic acids is 1. The standard InChI is InChI=1S/C14H20BrNO3/c1-14(2,7-13(17)18)9-16-8-10-6-11(15)4-5-12(10)19-3/h4-6,16H,7-9H2,1-3H3,(H,17,18). The molecule has 0 aliphatic heterocycles. The van der Waals surface area contributed by atoms with E-state index >= 15 is 0 Å². The van der Waals surface area contributed by atoms with Crippen LogP contribution in [0.2, 0.25) is 0 Å². The zero-order valence-electron chi connectivity index (χ0n) is 11.5. The van der Waals surface area contributed by atoms with E-state index in [1.165, 1.54) is 0 Å². The van der Waals surface area contributed by atoms with Gasteiger partial charge in [0.05, 0.1) is 13.5 Å². The summed E-state index contributed by atoms with van der Waals surface area (Å²) >= 11 is 3.43. The van der Waals surface area contributed by atoms with Gasteiger partial charge in [-0.15, -0.1) is 0 Å². The fourth-order valence-corrected chi connectivity index (χ4v) is 2.30. The van der Waals surface area contributed by atoms with E-state index in [-0.39, 0.29) is 11.8 Å². The van der Waals surface area contributed by atoms with Crippen LogP contribution in [0.3, 0.4) is 0 Å². The van der Waals surface area contributed by atoms with E-state index in [4.69, 9.17) is 9.84 Å². The lowest BCUT2D eigenvalue weighted by Crippen LogP contribution is -2.31. The highest BCUT2D eigenvalue weighted by molar-refractivity contribution is 9.10. The van der Waals surface area contributed by atoms with E-state index in [1.807, 2.05) is 32.0 Å². The van der Waals surface area contributed by atoms with Gasteiger partial charge in [0.15, 0.2) is 0 Å². The summed E-state index contributed by atoms with van der Waals surface area (Å²) in [6.07, 6.45) is 0.148. The zero-order valence-corrected chi connectivity index (χ0v) is 13.1. The van der Waals surface area contributed by atoms with Gasteiger partial charge in [0, 0.05) is 23.1 Å². The monoisotopic (exact) mass is 329 g/mol. The van der Waals surface area contributed by atoms with Crippen molar-refractivity contribution in [3.63, 3.8) is 0 Å². The van der Waals surface area contributed by atoms with Crippen molar-refractivity contribution in [2.45, 2.75) is 26.8 Å². The summed E-state index contributed by atoms with van der Waals surface area (Å²) in [6, 6.07) is 5.83. The van der Waals surface area contributed by atoms with Gasteiger partial charge in [-0.25, -0.2) is 0 Å². The average molecular weight is 330 g/mol. The van der Waals surface area contributed by atoms with Crippen LogP contribution >= 0.6 is 15.9 Å². The molecule has 5 heteroatoms. The zero-order chi connectivity index (χ0) is 14.5. The maximum absolute atomic E-state index is 10.7. The molecule has 0 saturated heterocycles. The summed E-state index contributed by atoms with van der Waals surface area (Å²) in [5, 5.41) is 12.1. The molecule has 4 nitrogen and oxygen atoms in total. The second-order valence-corrected chi connectivity index (χ2v) is 6.21. The van der Waals surface area contributed by atoms with Crippen LogP contribution in [-0.4, -0.2) is 24.7 Å². The summed E-state index contributed by atoms with van der Waals surface area (Å²) in [7, 11) is 1.64. The van der Waals surface area contributed by atoms with Gasteiger partial charge in [-0.2, -0.15) is 0 Å². The molecule has 106 valence electrons. The number of halogens is 1. The first kappa shape index (κ1) is 16.0. The third-order valence-electron chi connectivity index (χ3n) is 2.79. The Morgan fingerprint density at radius 1 is 1.47 bits per heavy atom. The Morgan fingerprint density at radius 3 is 2.74 bits per heavy atom. The molecule has 0 aliphatic rings. The molecule has 0 fully saturated rings. The van der Waals surface area contributed by atoms with Crippen molar-refractivity contribution in [3.8, 4) is 5.75 Å². The smallest absolute Gasteiger partial charge is 0.303 e. The molecule has 1 aromatic carbocycles. The Kier molecular flexibility index (Phi) is 5.82. The maximum Gasteiger partial charge on any atom is 0.303 e. The first-order valence-corrected chi connectivity index (χ1v) is 6.88. The Morgan fingerprint density at radius 2 is 2.16 bits per heavy atom. The molecule has 0 amide bonds. The molecule has 0 unspecified atom stereocenters. The topological polar surface area (TPSA) is 58.6 Å². The Labute approximate surface area is 122 Å². The van der Waals surface area contributed by atoms with Gasteiger partial charge in [-0.1, -0.05) is 29.8 Å². The number of aliphatic carboxylic acids is 1. The fraction of sp³-hybridized carbons (Fsp3) is 0.500. The lowest BCUT2D eigenvalue weighted by atomic mass is 9.89. The SMILES string of the molecule is COc1ccc(Br)cc1CNCC(C)(C)CC(=O)O. The minimum atomic E-state index is -0.771. The Balaban J connectivity index is 2.57. The highest BCUT2D eigenvalue weighted by Gasteiger charge is 2.21. The number of hydrogen-bond acceptors (Lipinski definition) is 3. The Hall–Kier alpha value is -1.07. The van der Waals surface area contributed by atoms with Crippen LogP contribution in [0.1, 0.15) is 25.8 Å². The lowest BCUT2D eigenvalue weighted by Gasteiger charge is -2.23. The van der Waals surface area contributed by atoms with Crippen molar-refractivity contribution >= 4 is 21.9 Å². The molecule has 1 aromatic rings. The highest BCUT2D eigenvalue weighted by atomic mass is 79.9. The van der Waals surface area contributed by atoms with Crippen LogP contribution in [0, 0.1) is 5.41 Å². The van der Waals surface area contributed by atoms with Crippen molar-refractivity contribution < 1.29 is 14.6 Å². The van der Waals surface area contributed by atoms with Gasteiger partial charge >= 0.3 is 5.97 Å². The maximum atomic E-state index is 10.7. The second kappa shape index (κ2) is 6.91. The molecule has 19 heavy (non-hydrogen) atoms. The number of carbonyl (C=O) groups is 1. The molecule has 1 rings (SSSR count). The predicted octanol–water partition coefficient (Wildman–Crippen LogP) is 3.05. The first-order chi connectivity index (χ1) is 8.84. The second-order valence-electron chi connectivity index (χ2n) is 5.29. The van der Waals surface area contributed by atoms with Crippen LogP contribution in [0.5, 0.6) is 5.75 Å². The molecule has 0 heterocycles. The van der Waals surface area contributed by atoms with Crippen LogP contribution in [0.4, 0.5) is 0 Å². The number of methoxy groups -OCH3 is 1. The largest absolute Gasteiger partial charge is 0.496 e.